The maximum absolute atomic E-state index is 13.2. The van der Waals surface area contributed by atoms with Gasteiger partial charge in [-0.3, -0.25) is 9.69 Å². The number of halogens is 3. The first-order valence-electron chi connectivity index (χ1n) is 7.05. The van der Waals surface area contributed by atoms with Gasteiger partial charge in [-0.25, -0.2) is 0 Å². The van der Waals surface area contributed by atoms with E-state index in [2.05, 4.69) is 15.5 Å². The molecule has 0 aromatic rings. The molecule has 2 rings (SSSR count). The fourth-order valence-electron chi connectivity index (χ4n) is 2.65. The lowest BCUT2D eigenvalue weighted by atomic mass is 9.85. The van der Waals surface area contributed by atoms with Gasteiger partial charge in [-0.05, 0) is 39.8 Å². The number of carbonyl (C=O) groups excluding carboxylic acids is 1. The van der Waals surface area contributed by atoms with Crippen LogP contribution < -0.4 is 10.6 Å². The van der Waals surface area contributed by atoms with E-state index in [1.54, 1.807) is 0 Å². The van der Waals surface area contributed by atoms with Gasteiger partial charge in [-0.15, -0.1) is 0 Å². The largest absolute Gasteiger partial charge is 0.404 e. The number of carbonyl (C=O) groups is 1. The Morgan fingerprint density at radius 2 is 2.15 bits per heavy atom. The molecule has 0 spiro atoms. The molecule has 0 bridgehead atoms. The van der Waals surface area contributed by atoms with Crippen molar-refractivity contribution in [3.63, 3.8) is 0 Å². The molecule has 2 fully saturated rings. The minimum Gasteiger partial charge on any atom is -0.354 e. The van der Waals surface area contributed by atoms with E-state index in [9.17, 15) is 18.0 Å². The van der Waals surface area contributed by atoms with Crippen molar-refractivity contribution in [2.75, 3.05) is 26.7 Å². The van der Waals surface area contributed by atoms with E-state index in [-0.39, 0.29) is 32.1 Å². The Kier molecular flexibility index (Phi) is 4.30. The average molecular weight is 293 g/mol. The van der Waals surface area contributed by atoms with Crippen molar-refractivity contribution in [3.8, 4) is 0 Å². The van der Waals surface area contributed by atoms with Crippen LogP contribution in [-0.4, -0.2) is 55.7 Å². The highest BCUT2D eigenvalue weighted by molar-refractivity contribution is 5.84. The summed E-state index contributed by atoms with van der Waals surface area (Å²) in [5.41, 5.74) is -2.26. The second kappa shape index (κ2) is 5.52. The molecule has 1 saturated heterocycles. The normalized spacial score (nSPS) is 28.7. The van der Waals surface area contributed by atoms with Crippen LogP contribution in [0.5, 0.6) is 0 Å². The zero-order valence-corrected chi connectivity index (χ0v) is 11.9. The topological polar surface area (TPSA) is 44.4 Å². The van der Waals surface area contributed by atoms with E-state index in [1.807, 2.05) is 14.0 Å². The summed E-state index contributed by atoms with van der Waals surface area (Å²) in [4.78, 5) is 14.2. The van der Waals surface area contributed by atoms with Crippen molar-refractivity contribution in [1.82, 2.24) is 15.5 Å². The summed E-state index contributed by atoms with van der Waals surface area (Å²) >= 11 is 0. The van der Waals surface area contributed by atoms with E-state index < -0.39 is 17.5 Å². The lowest BCUT2D eigenvalue weighted by Gasteiger charge is -2.31. The van der Waals surface area contributed by atoms with Gasteiger partial charge in [-0.1, -0.05) is 0 Å². The van der Waals surface area contributed by atoms with Crippen LogP contribution in [0.2, 0.25) is 0 Å². The van der Waals surface area contributed by atoms with Gasteiger partial charge < -0.3 is 10.6 Å². The SMILES string of the molecule is CC(CNC(=O)C1(C(F)(F)F)CCNC1)N(C)C1CC1. The Morgan fingerprint density at radius 1 is 1.50 bits per heavy atom. The number of nitrogens with one attached hydrogen (secondary N) is 2. The lowest BCUT2D eigenvalue weighted by molar-refractivity contribution is -0.216. The van der Waals surface area contributed by atoms with Gasteiger partial charge in [0, 0.05) is 25.2 Å². The molecule has 1 amide bonds. The molecule has 0 radical (unpaired) electrons. The van der Waals surface area contributed by atoms with Gasteiger partial charge in [0.2, 0.25) is 5.91 Å². The Hall–Kier alpha value is -0.820. The first kappa shape index (κ1) is 15.6. The van der Waals surface area contributed by atoms with Crippen molar-refractivity contribution in [3.05, 3.63) is 0 Å². The monoisotopic (exact) mass is 293 g/mol. The third-order valence-electron chi connectivity index (χ3n) is 4.51. The van der Waals surface area contributed by atoms with Crippen molar-refractivity contribution < 1.29 is 18.0 Å². The molecule has 2 N–H and O–H groups in total. The smallest absolute Gasteiger partial charge is 0.354 e. The van der Waals surface area contributed by atoms with Crippen LogP contribution in [-0.2, 0) is 4.79 Å². The predicted molar refractivity (Wildman–Crippen MR) is 69.2 cm³/mol. The number of likely N-dealkylation sites (N-methyl/N-ethyl adjacent to an activating group) is 1. The van der Waals surface area contributed by atoms with Crippen molar-refractivity contribution in [2.45, 2.75) is 44.4 Å². The lowest BCUT2D eigenvalue weighted by Crippen LogP contribution is -2.54. The highest BCUT2D eigenvalue weighted by Crippen LogP contribution is 2.43. The van der Waals surface area contributed by atoms with E-state index in [1.165, 1.54) is 0 Å². The Morgan fingerprint density at radius 3 is 2.60 bits per heavy atom. The molecule has 1 heterocycles. The van der Waals surface area contributed by atoms with Gasteiger partial charge in [0.25, 0.3) is 0 Å². The Labute approximate surface area is 117 Å². The number of hydrogen-bond donors (Lipinski definition) is 2. The first-order valence-corrected chi connectivity index (χ1v) is 7.05. The maximum atomic E-state index is 13.2. The van der Waals surface area contributed by atoms with E-state index in [0.717, 1.165) is 12.8 Å². The fraction of sp³-hybridized carbons (Fsp3) is 0.923. The summed E-state index contributed by atoms with van der Waals surface area (Å²) in [5.74, 6) is -0.897. The van der Waals surface area contributed by atoms with Crippen LogP contribution >= 0.6 is 0 Å². The molecule has 20 heavy (non-hydrogen) atoms. The van der Waals surface area contributed by atoms with Crippen LogP contribution in [0, 0.1) is 5.41 Å². The van der Waals surface area contributed by atoms with E-state index >= 15 is 0 Å². The molecule has 0 aromatic carbocycles. The molecule has 1 aliphatic heterocycles. The van der Waals surface area contributed by atoms with Crippen LogP contribution in [0.15, 0.2) is 0 Å². The third-order valence-corrected chi connectivity index (χ3v) is 4.51. The average Bonchev–Trinajstić information content (AvgIpc) is 3.09. The number of nitrogens with zero attached hydrogens (tertiary/aromatic N) is 1. The minimum absolute atomic E-state index is 0.0473. The van der Waals surface area contributed by atoms with Gasteiger partial charge in [-0.2, -0.15) is 13.2 Å². The minimum atomic E-state index is -4.51. The summed E-state index contributed by atoms with van der Waals surface area (Å²) < 4.78 is 39.5. The molecular formula is C13H22F3N3O. The molecule has 7 heteroatoms. The molecule has 116 valence electrons. The van der Waals surface area contributed by atoms with Crippen molar-refractivity contribution in [1.29, 1.82) is 0 Å². The molecule has 1 saturated carbocycles. The van der Waals surface area contributed by atoms with Crippen LogP contribution in [0.1, 0.15) is 26.2 Å². The molecule has 2 aliphatic rings. The number of amides is 1. The van der Waals surface area contributed by atoms with Crippen molar-refractivity contribution in [2.24, 2.45) is 5.41 Å². The molecule has 0 aromatic heterocycles. The van der Waals surface area contributed by atoms with Gasteiger partial charge in [0.05, 0.1) is 0 Å². The summed E-state index contributed by atoms with van der Waals surface area (Å²) in [6.45, 7) is 2.08. The summed E-state index contributed by atoms with van der Waals surface area (Å²) in [6, 6.07) is 0.567. The standard InChI is InChI=1S/C13H22F3N3O/c1-9(19(2)10-3-4-10)7-18-11(20)12(13(14,15)16)5-6-17-8-12/h9-10,17H,3-8H2,1-2H3,(H,18,20). The Balaban J connectivity index is 1.92. The van der Waals surface area contributed by atoms with Gasteiger partial charge in [0.1, 0.15) is 0 Å². The second-order valence-electron chi connectivity index (χ2n) is 5.96. The van der Waals surface area contributed by atoms with Crippen LogP contribution in [0.3, 0.4) is 0 Å². The quantitative estimate of drug-likeness (QED) is 0.798. The fourth-order valence-corrected chi connectivity index (χ4v) is 2.65. The molecular weight excluding hydrogens is 271 g/mol. The molecule has 4 nitrogen and oxygen atoms in total. The van der Waals surface area contributed by atoms with Gasteiger partial charge in [0.15, 0.2) is 5.41 Å². The third kappa shape index (κ3) is 2.93. The molecule has 1 aliphatic carbocycles. The van der Waals surface area contributed by atoms with Crippen LogP contribution in [0.4, 0.5) is 13.2 Å². The number of rotatable bonds is 5. The van der Waals surface area contributed by atoms with Gasteiger partial charge >= 0.3 is 6.18 Å². The number of alkyl halides is 3. The zero-order chi connectivity index (χ0) is 15.0. The van der Waals surface area contributed by atoms with E-state index in [4.69, 9.17) is 0 Å². The van der Waals surface area contributed by atoms with Crippen LogP contribution in [0.25, 0.3) is 0 Å². The highest BCUT2D eigenvalue weighted by Gasteiger charge is 2.61. The maximum Gasteiger partial charge on any atom is 0.404 e. The predicted octanol–water partition coefficient (Wildman–Crippen LogP) is 1.13. The summed E-state index contributed by atoms with van der Waals surface area (Å²) in [7, 11) is 1.95. The highest BCUT2D eigenvalue weighted by atomic mass is 19.4. The second-order valence-corrected chi connectivity index (χ2v) is 5.96. The Bertz CT molecular complexity index is 362. The molecule has 2 atom stereocenters. The molecule has 2 unspecified atom stereocenters. The summed E-state index contributed by atoms with van der Waals surface area (Å²) in [5, 5.41) is 5.14. The zero-order valence-electron chi connectivity index (χ0n) is 11.9. The first-order chi connectivity index (χ1) is 9.28. The van der Waals surface area contributed by atoms with Crippen molar-refractivity contribution >= 4 is 5.91 Å². The summed E-state index contributed by atoms with van der Waals surface area (Å²) in [6.07, 6.45) is -2.43. The number of hydrogen-bond acceptors (Lipinski definition) is 3. The van der Waals surface area contributed by atoms with E-state index in [0.29, 0.717) is 6.04 Å².